The lowest BCUT2D eigenvalue weighted by atomic mass is 10.4. The normalized spacial score (nSPS) is 14.0. The second-order valence-electron chi connectivity index (χ2n) is 5.58. The van der Waals surface area contributed by atoms with Crippen molar-refractivity contribution in [2.75, 3.05) is 58.6 Å². The van der Waals surface area contributed by atoms with Crippen LogP contribution in [0.2, 0.25) is 0 Å². The van der Waals surface area contributed by atoms with Gasteiger partial charge < -0.3 is 23.8 Å². The average Bonchev–Trinajstić information content (AvgIpc) is 2.96. The summed E-state index contributed by atoms with van der Waals surface area (Å²) in [5, 5.41) is 0.595. The number of hydrogen-bond acceptors (Lipinski definition) is 10. The minimum absolute atomic E-state index is 0.0644. The molecule has 0 radical (unpaired) electrons. The molecule has 0 aromatic heterocycles. The van der Waals surface area contributed by atoms with Crippen LogP contribution in [-0.2, 0) is 43.0 Å². The molecule has 10 nitrogen and oxygen atoms in total. The zero-order valence-electron chi connectivity index (χ0n) is 16.0. The Balaban J connectivity index is 1.80. The molecule has 2 amide bonds. The van der Waals surface area contributed by atoms with Gasteiger partial charge in [-0.05, 0) is 0 Å². The first-order valence-electron chi connectivity index (χ1n) is 9.01. The number of ether oxygens (including phenoxy) is 4. The van der Waals surface area contributed by atoms with Crippen LogP contribution in [0, 0.1) is 0 Å². The number of carbonyl (C=O) groups excluding carboxylic acids is 4. The number of nitrogens with zero attached hydrogens (tertiary/aromatic N) is 1. The van der Waals surface area contributed by atoms with Crippen molar-refractivity contribution in [2.24, 2.45) is 0 Å². The highest BCUT2D eigenvalue weighted by molar-refractivity contribution is 8.13. The summed E-state index contributed by atoms with van der Waals surface area (Å²) < 4.78 is 21.1. The summed E-state index contributed by atoms with van der Waals surface area (Å²) in [6.45, 7) is 4.54. The van der Waals surface area contributed by atoms with E-state index in [-0.39, 0.29) is 31.0 Å². The van der Waals surface area contributed by atoms with Crippen molar-refractivity contribution in [3.63, 3.8) is 0 Å². The summed E-state index contributed by atoms with van der Waals surface area (Å²) in [4.78, 5) is 49.5. The van der Waals surface area contributed by atoms with Crippen molar-refractivity contribution in [3.8, 4) is 0 Å². The summed E-state index contributed by atoms with van der Waals surface area (Å²) >= 11 is 1.23. The molecular weight excluding hydrogens is 394 g/mol. The summed E-state index contributed by atoms with van der Waals surface area (Å²) in [6, 6.07) is 0. The summed E-state index contributed by atoms with van der Waals surface area (Å²) in [6.07, 6.45) is 0.0685. The van der Waals surface area contributed by atoms with Gasteiger partial charge in [0.1, 0.15) is 0 Å². The molecule has 0 aliphatic carbocycles. The van der Waals surface area contributed by atoms with Gasteiger partial charge in [0.05, 0.1) is 59.3 Å². The van der Waals surface area contributed by atoms with Crippen molar-refractivity contribution >= 4 is 34.7 Å². The van der Waals surface area contributed by atoms with E-state index >= 15 is 0 Å². The van der Waals surface area contributed by atoms with Gasteiger partial charge in [0, 0.05) is 25.5 Å². The number of rotatable bonds is 16. The molecule has 0 bridgehead atoms. The standard InChI is InChI=1S/C17H27NO9S/c1-14(19)28-13-12-26-11-10-25-9-8-24-7-6-23-5-4-17(22)27-18-15(20)2-3-16(18)21/h2-13H2,1H3. The second-order valence-corrected chi connectivity index (χ2v) is 6.86. The van der Waals surface area contributed by atoms with Gasteiger partial charge in [0.25, 0.3) is 11.8 Å². The first-order valence-corrected chi connectivity index (χ1v) is 10.00. The molecule has 0 saturated carbocycles. The molecule has 0 aromatic rings. The Morgan fingerprint density at radius 2 is 1.29 bits per heavy atom. The van der Waals surface area contributed by atoms with Gasteiger partial charge in [-0.3, -0.25) is 14.4 Å². The van der Waals surface area contributed by atoms with Crippen LogP contribution in [0.5, 0.6) is 0 Å². The van der Waals surface area contributed by atoms with Crippen molar-refractivity contribution in [1.29, 1.82) is 0 Å². The maximum Gasteiger partial charge on any atom is 0.335 e. The molecule has 0 unspecified atom stereocenters. The molecule has 11 heteroatoms. The fourth-order valence-electron chi connectivity index (χ4n) is 1.97. The fourth-order valence-corrected chi connectivity index (χ4v) is 2.46. The molecule has 0 N–H and O–H groups in total. The Labute approximate surface area is 168 Å². The minimum atomic E-state index is -0.694. The van der Waals surface area contributed by atoms with Crippen LogP contribution in [0.3, 0.4) is 0 Å². The number of hydrogen-bond donors (Lipinski definition) is 0. The molecule has 160 valence electrons. The Kier molecular flexibility index (Phi) is 13.5. The Bertz CT molecular complexity index is 499. The quantitative estimate of drug-likeness (QED) is 0.255. The van der Waals surface area contributed by atoms with Gasteiger partial charge in [0.15, 0.2) is 5.12 Å². The zero-order valence-corrected chi connectivity index (χ0v) is 16.8. The molecule has 1 aliphatic rings. The molecule has 1 heterocycles. The number of imide groups is 1. The highest BCUT2D eigenvalue weighted by Crippen LogP contribution is 2.12. The van der Waals surface area contributed by atoms with E-state index < -0.39 is 17.8 Å². The number of hydroxylamine groups is 2. The number of carbonyl (C=O) groups is 4. The van der Waals surface area contributed by atoms with Gasteiger partial charge in [-0.1, -0.05) is 11.8 Å². The van der Waals surface area contributed by atoms with E-state index in [0.717, 1.165) is 0 Å². The molecule has 1 rings (SSSR count). The molecule has 0 aromatic carbocycles. The molecule has 1 aliphatic heterocycles. The van der Waals surface area contributed by atoms with Gasteiger partial charge in [-0.25, -0.2) is 4.79 Å². The van der Waals surface area contributed by atoms with Gasteiger partial charge in [0.2, 0.25) is 0 Å². The summed E-state index contributed by atoms with van der Waals surface area (Å²) in [5.74, 6) is -1.06. The van der Waals surface area contributed by atoms with Crippen LogP contribution in [0.1, 0.15) is 26.2 Å². The van der Waals surface area contributed by atoms with E-state index in [0.29, 0.717) is 57.1 Å². The molecule has 28 heavy (non-hydrogen) atoms. The van der Waals surface area contributed by atoms with Crippen molar-refractivity contribution in [1.82, 2.24) is 5.06 Å². The molecule has 0 atom stereocenters. The average molecular weight is 421 g/mol. The van der Waals surface area contributed by atoms with Crippen molar-refractivity contribution < 1.29 is 43.0 Å². The van der Waals surface area contributed by atoms with Gasteiger partial charge >= 0.3 is 5.97 Å². The van der Waals surface area contributed by atoms with E-state index in [2.05, 4.69) is 0 Å². The maximum absolute atomic E-state index is 11.5. The third-order valence-corrected chi connectivity index (χ3v) is 4.08. The van der Waals surface area contributed by atoms with Crippen LogP contribution in [0.4, 0.5) is 0 Å². The number of amides is 2. The summed E-state index contributed by atoms with van der Waals surface area (Å²) in [5.41, 5.74) is 0. The topological polar surface area (TPSA) is 118 Å². The van der Waals surface area contributed by atoms with Crippen LogP contribution in [-0.4, -0.2) is 86.6 Å². The Morgan fingerprint density at radius 1 is 0.821 bits per heavy atom. The first-order chi connectivity index (χ1) is 13.5. The Morgan fingerprint density at radius 3 is 1.79 bits per heavy atom. The predicted octanol–water partition coefficient (Wildman–Crippen LogP) is 0.330. The number of thioether (sulfide) groups is 1. The van der Waals surface area contributed by atoms with Gasteiger partial charge in [-0.2, -0.15) is 0 Å². The Hall–Kier alpha value is -1.53. The minimum Gasteiger partial charge on any atom is -0.378 e. The largest absolute Gasteiger partial charge is 0.378 e. The summed E-state index contributed by atoms with van der Waals surface area (Å²) in [7, 11) is 0. The monoisotopic (exact) mass is 421 g/mol. The zero-order chi connectivity index (χ0) is 20.6. The molecule has 1 fully saturated rings. The SMILES string of the molecule is CC(=O)SCCOCCOCCOCCOCCC(=O)ON1C(=O)CCC1=O. The van der Waals surface area contributed by atoms with E-state index in [1.807, 2.05) is 0 Å². The van der Waals surface area contributed by atoms with Crippen molar-refractivity contribution in [2.45, 2.75) is 26.2 Å². The third kappa shape index (κ3) is 12.0. The van der Waals surface area contributed by atoms with Crippen LogP contribution >= 0.6 is 11.8 Å². The van der Waals surface area contributed by atoms with E-state index in [9.17, 15) is 19.2 Å². The van der Waals surface area contributed by atoms with E-state index in [1.165, 1.54) is 18.7 Å². The fraction of sp³-hybridized carbons (Fsp3) is 0.765. The molecule has 0 spiro atoms. The third-order valence-electron chi connectivity index (χ3n) is 3.30. The van der Waals surface area contributed by atoms with E-state index in [1.54, 1.807) is 0 Å². The molecular formula is C17H27NO9S. The maximum atomic E-state index is 11.5. The lowest BCUT2D eigenvalue weighted by Gasteiger charge is -2.12. The lowest BCUT2D eigenvalue weighted by Crippen LogP contribution is -2.32. The van der Waals surface area contributed by atoms with Crippen LogP contribution in [0.15, 0.2) is 0 Å². The van der Waals surface area contributed by atoms with E-state index in [4.69, 9.17) is 23.8 Å². The molecule has 1 saturated heterocycles. The van der Waals surface area contributed by atoms with Crippen LogP contribution in [0.25, 0.3) is 0 Å². The van der Waals surface area contributed by atoms with Crippen LogP contribution < -0.4 is 0 Å². The highest BCUT2D eigenvalue weighted by Gasteiger charge is 2.32. The predicted molar refractivity (Wildman–Crippen MR) is 98.2 cm³/mol. The first kappa shape index (κ1) is 24.5. The second kappa shape index (κ2) is 15.4. The van der Waals surface area contributed by atoms with Gasteiger partial charge in [-0.15, -0.1) is 5.06 Å². The smallest absolute Gasteiger partial charge is 0.335 e. The lowest BCUT2D eigenvalue weighted by molar-refractivity contribution is -0.198. The van der Waals surface area contributed by atoms with Crippen molar-refractivity contribution in [3.05, 3.63) is 0 Å². The highest BCUT2D eigenvalue weighted by atomic mass is 32.2.